The number of hydrogen-bond acceptors (Lipinski definition) is 4. The molecule has 0 aliphatic heterocycles. The number of rotatable bonds is 6. The van der Waals surface area contributed by atoms with Crippen molar-refractivity contribution in [1.29, 1.82) is 0 Å². The molecule has 7 heteroatoms. The maximum Gasteiger partial charge on any atom is 0.246 e. The second kappa shape index (κ2) is 7.22. The number of terminal acetylenes is 1. The number of halogens is 1. The van der Waals surface area contributed by atoms with Crippen molar-refractivity contribution in [3.63, 3.8) is 0 Å². The van der Waals surface area contributed by atoms with Crippen molar-refractivity contribution in [3.05, 3.63) is 35.9 Å². The number of nitrogens with zero attached hydrogens (tertiary/aromatic N) is 3. The number of benzene rings is 1. The molecular weight excluding hydrogens is 287 g/mol. The summed E-state index contributed by atoms with van der Waals surface area (Å²) < 4.78 is 14.4. The fraction of sp³-hybridized carbons (Fsp3) is 0.267. The minimum absolute atomic E-state index is 0.0133. The first-order valence-corrected chi connectivity index (χ1v) is 6.69. The lowest BCUT2D eigenvalue weighted by molar-refractivity contribution is -0.116. The quantitative estimate of drug-likeness (QED) is 0.484. The number of phenolic OH excluding ortho intramolecular Hbond substituents is 1. The van der Waals surface area contributed by atoms with Crippen LogP contribution >= 0.6 is 0 Å². The van der Waals surface area contributed by atoms with Crippen molar-refractivity contribution in [2.45, 2.75) is 25.8 Å². The molecule has 6 nitrogen and oxygen atoms in total. The molecule has 0 saturated heterocycles. The van der Waals surface area contributed by atoms with Crippen molar-refractivity contribution in [1.82, 2.24) is 15.0 Å². The maximum absolute atomic E-state index is 13.1. The van der Waals surface area contributed by atoms with Crippen LogP contribution in [0, 0.1) is 18.2 Å². The first kappa shape index (κ1) is 15.5. The number of aromatic nitrogens is 3. The van der Waals surface area contributed by atoms with Gasteiger partial charge in [-0.25, -0.2) is 9.07 Å². The van der Waals surface area contributed by atoms with Gasteiger partial charge in [-0.2, -0.15) is 0 Å². The molecule has 0 saturated carbocycles. The first-order valence-electron chi connectivity index (χ1n) is 6.69. The fourth-order valence-electron chi connectivity index (χ4n) is 1.85. The Bertz CT molecular complexity index is 706. The molecular formula is C15H15FN4O2. The van der Waals surface area contributed by atoms with E-state index in [9.17, 15) is 14.3 Å². The molecule has 0 aliphatic carbocycles. The largest absolute Gasteiger partial charge is 0.506 e. The Morgan fingerprint density at radius 3 is 3.09 bits per heavy atom. The van der Waals surface area contributed by atoms with Gasteiger partial charge in [-0.3, -0.25) is 4.79 Å². The Labute approximate surface area is 127 Å². The summed E-state index contributed by atoms with van der Waals surface area (Å²) in [6, 6.07) is 3.31. The highest BCUT2D eigenvalue weighted by molar-refractivity contribution is 5.91. The number of nitrogens with one attached hydrogen (secondary N) is 1. The normalized spacial score (nSPS) is 10.2. The van der Waals surface area contributed by atoms with E-state index in [0.29, 0.717) is 12.8 Å². The number of aryl methyl sites for hydroxylation is 1. The molecule has 0 fully saturated rings. The van der Waals surface area contributed by atoms with E-state index in [0.717, 1.165) is 24.2 Å². The van der Waals surface area contributed by atoms with Crippen molar-refractivity contribution < 1.29 is 14.3 Å². The van der Waals surface area contributed by atoms with Gasteiger partial charge in [0.2, 0.25) is 5.91 Å². The topological polar surface area (TPSA) is 80.0 Å². The van der Waals surface area contributed by atoms with Crippen LogP contribution in [-0.2, 0) is 17.8 Å². The van der Waals surface area contributed by atoms with Crippen LogP contribution in [0.1, 0.15) is 18.5 Å². The lowest BCUT2D eigenvalue weighted by atomic mass is 10.2. The Morgan fingerprint density at radius 1 is 1.50 bits per heavy atom. The molecule has 0 unspecified atom stereocenters. The molecule has 0 aliphatic rings. The minimum Gasteiger partial charge on any atom is -0.506 e. The van der Waals surface area contributed by atoms with E-state index in [2.05, 4.69) is 21.5 Å². The number of anilines is 1. The molecule has 0 spiro atoms. The zero-order valence-electron chi connectivity index (χ0n) is 11.8. The summed E-state index contributed by atoms with van der Waals surface area (Å²) in [7, 11) is 0. The molecule has 1 amide bonds. The molecule has 1 aromatic carbocycles. The monoisotopic (exact) mass is 302 g/mol. The summed E-state index contributed by atoms with van der Waals surface area (Å²) in [6.45, 7) is -0.0852. The zero-order valence-corrected chi connectivity index (χ0v) is 11.8. The van der Waals surface area contributed by atoms with Gasteiger partial charge >= 0.3 is 0 Å². The molecule has 0 atom stereocenters. The molecule has 1 aromatic heterocycles. The Balaban J connectivity index is 1.92. The molecule has 22 heavy (non-hydrogen) atoms. The summed E-state index contributed by atoms with van der Waals surface area (Å²) in [4.78, 5) is 11.9. The lowest BCUT2D eigenvalue weighted by Gasteiger charge is -2.07. The molecule has 2 rings (SSSR count). The minimum atomic E-state index is -0.551. The third-order valence-electron chi connectivity index (χ3n) is 2.88. The van der Waals surface area contributed by atoms with E-state index < -0.39 is 11.7 Å². The Kier molecular flexibility index (Phi) is 5.09. The van der Waals surface area contributed by atoms with Gasteiger partial charge in [0.25, 0.3) is 0 Å². The van der Waals surface area contributed by atoms with E-state index in [-0.39, 0.29) is 18.0 Å². The predicted molar refractivity (Wildman–Crippen MR) is 78.5 cm³/mol. The molecule has 2 N–H and O–H groups in total. The fourth-order valence-corrected chi connectivity index (χ4v) is 1.85. The maximum atomic E-state index is 13.1. The van der Waals surface area contributed by atoms with Crippen LogP contribution in [0.4, 0.5) is 10.1 Å². The van der Waals surface area contributed by atoms with E-state index in [4.69, 9.17) is 6.42 Å². The molecule has 114 valence electrons. The third-order valence-corrected chi connectivity index (χ3v) is 2.88. The van der Waals surface area contributed by atoms with Gasteiger partial charge in [-0.15, -0.1) is 17.4 Å². The van der Waals surface area contributed by atoms with E-state index >= 15 is 0 Å². The molecule has 1 heterocycles. The number of phenols is 1. The summed E-state index contributed by atoms with van der Waals surface area (Å²) >= 11 is 0. The highest BCUT2D eigenvalue weighted by Gasteiger charge is 2.10. The van der Waals surface area contributed by atoms with E-state index in [1.165, 1.54) is 10.7 Å². The van der Waals surface area contributed by atoms with Gasteiger partial charge in [0.1, 0.15) is 18.1 Å². The summed E-state index contributed by atoms with van der Waals surface area (Å²) in [5, 5.41) is 19.7. The Hall–Kier alpha value is -2.88. The van der Waals surface area contributed by atoms with Gasteiger partial charge in [0, 0.05) is 18.7 Å². The number of unbranched alkanes of at least 4 members (excludes halogenated alkanes) is 1. The van der Waals surface area contributed by atoms with Crippen molar-refractivity contribution in [2.24, 2.45) is 0 Å². The van der Waals surface area contributed by atoms with E-state index in [1.807, 2.05) is 0 Å². The average Bonchev–Trinajstić information content (AvgIpc) is 2.90. The first-order chi connectivity index (χ1) is 10.6. The molecule has 2 aromatic rings. The van der Waals surface area contributed by atoms with Crippen LogP contribution in [0.5, 0.6) is 5.75 Å². The van der Waals surface area contributed by atoms with Crippen LogP contribution in [0.15, 0.2) is 24.4 Å². The smallest absolute Gasteiger partial charge is 0.246 e. The van der Waals surface area contributed by atoms with Crippen LogP contribution in [-0.4, -0.2) is 26.0 Å². The van der Waals surface area contributed by atoms with Crippen LogP contribution in [0.2, 0.25) is 0 Å². The zero-order chi connectivity index (χ0) is 15.9. The SMILES string of the molecule is C#CCCCc1cn(CC(=O)Nc2cc(F)ccc2O)nn1. The second-order valence-electron chi connectivity index (χ2n) is 4.67. The van der Waals surface area contributed by atoms with Crippen LogP contribution in [0.3, 0.4) is 0 Å². The van der Waals surface area contributed by atoms with Crippen LogP contribution in [0.25, 0.3) is 0 Å². The van der Waals surface area contributed by atoms with Gasteiger partial charge in [0.05, 0.1) is 11.4 Å². The number of amides is 1. The molecule has 0 radical (unpaired) electrons. The van der Waals surface area contributed by atoms with Crippen LogP contribution < -0.4 is 5.32 Å². The van der Waals surface area contributed by atoms with Crippen molar-refractivity contribution in [2.75, 3.05) is 5.32 Å². The van der Waals surface area contributed by atoms with Gasteiger partial charge in [-0.05, 0) is 25.0 Å². The molecule has 0 bridgehead atoms. The second-order valence-corrected chi connectivity index (χ2v) is 4.67. The van der Waals surface area contributed by atoms with Gasteiger partial charge in [0.15, 0.2) is 0 Å². The standard InChI is InChI=1S/C15H15FN4O2/c1-2-3-4-5-12-9-20(19-18-12)10-15(22)17-13-8-11(16)6-7-14(13)21/h1,6-9,21H,3-5,10H2,(H,17,22). The van der Waals surface area contributed by atoms with Crippen molar-refractivity contribution >= 4 is 11.6 Å². The Morgan fingerprint density at radius 2 is 2.32 bits per heavy atom. The lowest BCUT2D eigenvalue weighted by Crippen LogP contribution is -2.19. The highest BCUT2D eigenvalue weighted by atomic mass is 19.1. The summed E-state index contributed by atoms with van der Waals surface area (Å²) in [5.41, 5.74) is 0.760. The van der Waals surface area contributed by atoms with E-state index in [1.54, 1.807) is 6.20 Å². The number of carbonyl (C=O) groups excluding carboxylic acids is 1. The predicted octanol–water partition coefficient (Wildman–Crippen LogP) is 1.72. The average molecular weight is 302 g/mol. The highest BCUT2D eigenvalue weighted by Crippen LogP contribution is 2.23. The van der Waals surface area contributed by atoms with Crippen molar-refractivity contribution in [3.8, 4) is 18.1 Å². The summed E-state index contributed by atoms with van der Waals surface area (Å²) in [6.07, 6.45) is 8.98. The van der Waals surface area contributed by atoms with Gasteiger partial charge < -0.3 is 10.4 Å². The van der Waals surface area contributed by atoms with Gasteiger partial charge in [-0.1, -0.05) is 5.21 Å². The third kappa shape index (κ3) is 4.31. The number of aromatic hydroxyl groups is 1. The summed E-state index contributed by atoms with van der Waals surface area (Å²) in [5.74, 6) is 1.34. The number of hydrogen-bond donors (Lipinski definition) is 2. The number of carbonyl (C=O) groups is 1.